The molecule has 0 aliphatic carbocycles. The Balaban J connectivity index is 2.59. The van der Waals surface area contributed by atoms with Gasteiger partial charge in [-0.15, -0.1) is 22.2 Å². The van der Waals surface area contributed by atoms with Crippen LogP contribution in [-0.2, 0) is 5.41 Å². The summed E-state index contributed by atoms with van der Waals surface area (Å²) in [5.41, 5.74) is 1.04. The molecule has 2 aromatic rings. The summed E-state index contributed by atoms with van der Waals surface area (Å²) in [6, 6.07) is 15.7. The van der Waals surface area contributed by atoms with E-state index < -0.39 is 6.69 Å². The van der Waals surface area contributed by atoms with Crippen LogP contribution in [0.2, 0.25) is 5.02 Å². The standard InChI is InChI=1S/C16H17Cl3Si/c1-16(2,3)13-10-7-11-14(15(13)17)20(18,19)12-8-5-4-6-9-12/h4-11H,1-3H3. The third-order valence-electron chi connectivity index (χ3n) is 3.28. The summed E-state index contributed by atoms with van der Waals surface area (Å²) in [7, 11) is 0. The highest BCUT2D eigenvalue weighted by atomic mass is 35.7. The van der Waals surface area contributed by atoms with E-state index in [1.165, 1.54) is 0 Å². The van der Waals surface area contributed by atoms with Crippen molar-refractivity contribution in [1.29, 1.82) is 0 Å². The van der Waals surface area contributed by atoms with Crippen LogP contribution < -0.4 is 10.4 Å². The molecule has 0 atom stereocenters. The normalized spacial score (nSPS) is 12.5. The van der Waals surface area contributed by atoms with Crippen LogP contribution in [0.3, 0.4) is 0 Å². The Morgan fingerprint density at radius 2 is 1.45 bits per heavy atom. The number of benzene rings is 2. The fourth-order valence-corrected chi connectivity index (χ4v) is 6.62. The van der Waals surface area contributed by atoms with Gasteiger partial charge in [-0.25, -0.2) is 0 Å². The fraction of sp³-hybridized carbons (Fsp3) is 0.250. The van der Waals surface area contributed by atoms with E-state index >= 15 is 0 Å². The smallest absolute Gasteiger partial charge is 0.134 e. The molecular formula is C16H17Cl3Si. The molecule has 0 nitrogen and oxygen atoms in total. The molecule has 20 heavy (non-hydrogen) atoms. The monoisotopic (exact) mass is 342 g/mol. The van der Waals surface area contributed by atoms with Gasteiger partial charge in [-0.1, -0.05) is 80.9 Å². The molecule has 0 bridgehead atoms. The number of hydrogen-bond donors (Lipinski definition) is 0. The quantitative estimate of drug-likeness (QED) is 0.549. The summed E-state index contributed by atoms with van der Waals surface area (Å²) in [4.78, 5) is 0. The predicted molar refractivity (Wildman–Crippen MR) is 93.3 cm³/mol. The molecule has 2 aromatic carbocycles. The Hall–Kier alpha value is -0.473. The first-order valence-electron chi connectivity index (χ1n) is 6.47. The SMILES string of the molecule is CC(C)(C)c1cccc([Si](Cl)(Cl)c2ccccc2)c1Cl. The average Bonchev–Trinajstić information content (AvgIpc) is 2.38. The Labute approximate surface area is 136 Å². The van der Waals surface area contributed by atoms with Crippen molar-refractivity contribution in [3.05, 3.63) is 59.1 Å². The molecular weight excluding hydrogens is 327 g/mol. The zero-order chi connectivity index (χ0) is 15.0. The first-order valence-corrected chi connectivity index (χ1v) is 10.9. The van der Waals surface area contributed by atoms with E-state index in [2.05, 4.69) is 20.8 Å². The molecule has 0 aliphatic heterocycles. The van der Waals surface area contributed by atoms with Gasteiger partial charge in [0.05, 0.1) is 0 Å². The Morgan fingerprint density at radius 1 is 0.850 bits per heavy atom. The molecule has 0 saturated heterocycles. The minimum atomic E-state index is -2.80. The Kier molecular flexibility index (Phi) is 4.55. The minimum absolute atomic E-state index is 0.0396. The first-order chi connectivity index (χ1) is 9.24. The van der Waals surface area contributed by atoms with Crippen LogP contribution in [0.15, 0.2) is 48.5 Å². The van der Waals surface area contributed by atoms with Gasteiger partial charge in [0.15, 0.2) is 0 Å². The molecule has 4 heteroatoms. The van der Waals surface area contributed by atoms with E-state index in [1.807, 2.05) is 48.5 Å². The minimum Gasteiger partial charge on any atom is -0.134 e. The average molecular weight is 344 g/mol. The molecule has 0 saturated carbocycles. The van der Waals surface area contributed by atoms with E-state index in [0.717, 1.165) is 15.9 Å². The van der Waals surface area contributed by atoms with E-state index in [1.54, 1.807) is 0 Å². The third kappa shape index (κ3) is 3.06. The number of halogens is 3. The van der Waals surface area contributed by atoms with E-state index in [4.69, 9.17) is 33.8 Å². The molecule has 0 unspecified atom stereocenters. The van der Waals surface area contributed by atoms with E-state index in [0.29, 0.717) is 5.02 Å². The Bertz CT molecular complexity index is 601. The molecule has 0 radical (unpaired) electrons. The van der Waals surface area contributed by atoms with Crippen molar-refractivity contribution in [3.63, 3.8) is 0 Å². The van der Waals surface area contributed by atoms with Gasteiger partial charge in [-0.2, -0.15) is 0 Å². The third-order valence-corrected chi connectivity index (χ3v) is 8.53. The highest BCUT2D eigenvalue weighted by molar-refractivity contribution is 7.56. The highest BCUT2D eigenvalue weighted by Crippen LogP contribution is 2.30. The van der Waals surface area contributed by atoms with Crippen molar-refractivity contribution in [3.8, 4) is 0 Å². The van der Waals surface area contributed by atoms with Crippen LogP contribution >= 0.6 is 33.8 Å². The van der Waals surface area contributed by atoms with Gasteiger partial charge in [-0.3, -0.25) is 0 Å². The molecule has 2 rings (SSSR count). The highest BCUT2D eigenvalue weighted by Gasteiger charge is 2.36. The van der Waals surface area contributed by atoms with Crippen LogP contribution in [0.5, 0.6) is 0 Å². The van der Waals surface area contributed by atoms with Crippen molar-refractivity contribution in [2.24, 2.45) is 0 Å². The van der Waals surface area contributed by atoms with Gasteiger partial charge >= 0.3 is 6.69 Å². The maximum Gasteiger partial charge on any atom is 0.311 e. The first kappa shape index (κ1) is 15.9. The zero-order valence-corrected chi connectivity index (χ0v) is 15.0. The molecule has 0 amide bonds. The number of hydrogen-bond acceptors (Lipinski definition) is 0. The van der Waals surface area contributed by atoms with E-state index in [9.17, 15) is 0 Å². The molecule has 0 fully saturated rings. The largest absolute Gasteiger partial charge is 0.311 e. The summed E-state index contributed by atoms with van der Waals surface area (Å²) in [5, 5.41) is 2.51. The van der Waals surface area contributed by atoms with Gasteiger partial charge in [0, 0.05) is 5.02 Å². The van der Waals surface area contributed by atoms with Gasteiger partial charge in [0.25, 0.3) is 0 Å². The molecule has 0 aromatic heterocycles. The summed E-state index contributed by atoms with van der Waals surface area (Å²) in [6.45, 7) is 3.60. The van der Waals surface area contributed by atoms with Gasteiger partial charge in [-0.05, 0) is 21.4 Å². The zero-order valence-electron chi connectivity index (χ0n) is 11.8. The predicted octanol–water partition coefficient (Wildman–Crippen LogP) is 4.67. The van der Waals surface area contributed by atoms with Crippen molar-refractivity contribution < 1.29 is 0 Å². The Morgan fingerprint density at radius 3 is 2.00 bits per heavy atom. The topological polar surface area (TPSA) is 0 Å². The maximum absolute atomic E-state index is 6.73. The van der Waals surface area contributed by atoms with Crippen molar-refractivity contribution in [2.45, 2.75) is 26.2 Å². The summed E-state index contributed by atoms with van der Waals surface area (Å²) in [5.74, 6) is 0. The summed E-state index contributed by atoms with van der Waals surface area (Å²) in [6.07, 6.45) is 0. The number of rotatable bonds is 2. The fourth-order valence-electron chi connectivity index (χ4n) is 2.16. The van der Waals surface area contributed by atoms with Crippen LogP contribution in [0.25, 0.3) is 0 Å². The lowest BCUT2D eigenvalue weighted by Gasteiger charge is -2.25. The van der Waals surface area contributed by atoms with Crippen molar-refractivity contribution in [2.75, 3.05) is 0 Å². The van der Waals surface area contributed by atoms with Gasteiger partial charge in [0.2, 0.25) is 0 Å². The van der Waals surface area contributed by atoms with Gasteiger partial charge < -0.3 is 0 Å². The van der Waals surface area contributed by atoms with Crippen molar-refractivity contribution in [1.82, 2.24) is 0 Å². The molecule has 0 aliphatic rings. The molecule has 0 spiro atoms. The maximum atomic E-state index is 6.73. The lowest BCUT2D eigenvalue weighted by atomic mass is 9.87. The second kappa shape index (κ2) is 5.73. The second-order valence-electron chi connectivity index (χ2n) is 5.86. The molecule has 0 N–H and O–H groups in total. The van der Waals surface area contributed by atoms with Gasteiger partial charge in [0.1, 0.15) is 0 Å². The summed E-state index contributed by atoms with van der Waals surface area (Å²) < 4.78 is 0. The second-order valence-corrected chi connectivity index (χ2v) is 12.5. The molecule has 0 heterocycles. The van der Waals surface area contributed by atoms with Crippen LogP contribution in [-0.4, -0.2) is 6.69 Å². The lowest BCUT2D eigenvalue weighted by molar-refractivity contribution is 0.591. The molecule has 106 valence electrons. The lowest BCUT2D eigenvalue weighted by Crippen LogP contribution is -2.49. The van der Waals surface area contributed by atoms with E-state index in [-0.39, 0.29) is 5.41 Å². The van der Waals surface area contributed by atoms with Crippen LogP contribution in [0.1, 0.15) is 26.3 Å². The van der Waals surface area contributed by atoms with Crippen LogP contribution in [0.4, 0.5) is 0 Å². The van der Waals surface area contributed by atoms with Crippen molar-refractivity contribution >= 4 is 50.8 Å². The summed E-state index contributed by atoms with van der Waals surface area (Å²) >= 11 is 20.1. The van der Waals surface area contributed by atoms with Crippen LogP contribution in [0, 0.1) is 0 Å².